The van der Waals surface area contributed by atoms with Crippen LogP contribution in [0.1, 0.15) is 63.9 Å². The fourth-order valence-corrected chi connectivity index (χ4v) is 5.32. The van der Waals surface area contributed by atoms with E-state index in [0.29, 0.717) is 0 Å². The molecule has 0 atom stereocenters. The summed E-state index contributed by atoms with van der Waals surface area (Å²) in [5, 5.41) is 0. The molecule has 0 fully saturated rings. The highest BCUT2D eigenvalue weighted by Gasteiger charge is 2.09. The van der Waals surface area contributed by atoms with E-state index in [1.54, 1.807) is 0 Å². The standard InChI is InChI=1S/C38H40N2/c1-2-3-4-5-6-7-8-11-17-30-28-39-38(40-29-30)34-23-16-22-33(24-34)37-26-35(31-18-12-9-13-19-31)25-36(27-37)32-20-14-10-15-21-32/h9-10,12-16,18-29H,2-8,11,17H2,1H3. The van der Waals surface area contributed by atoms with Crippen LogP contribution in [-0.4, -0.2) is 9.97 Å². The summed E-state index contributed by atoms with van der Waals surface area (Å²) in [5.41, 5.74) is 9.48. The molecule has 1 aromatic heterocycles. The first-order valence-electron chi connectivity index (χ1n) is 15.0. The lowest BCUT2D eigenvalue weighted by Crippen LogP contribution is -1.94. The minimum atomic E-state index is 0.782. The molecule has 40 heavy (non-hydrogen) atoms. The van der Waals surface area contributed by atoms with Crippen LogP contribution in [0, 0.1) is 0 Å². The Morgan fingerprint density at radius 1 is 0.425 bits per heavy atom. The summed E-state index contributed by atoms with van der Waals surface area (Å²) in [6, 6.07) is 36.7. The van der Waals surface area contributed by atoms with E-state index >= 15 is 0 Å². The maximum absolute atomic E-state index is 4.75. The SMILES string of the molecule is CCCCCCCCCCc1cnc(-c2cccc(-c3cc(-c4ccccc4)cc(-c4ccccc4)c3)c2)nc1. The minimum Gasteiger partial charge on any atom is -0.236 e. The van der Waals surface area contributed by atoms with E-state index < -0.39 is 0 Å². The van der Waals surface area contributed by atoms with Gasteiger partial charge in [-0.05, 0) is 76.1 Å². The number of benzene rings is 4. The predicted octanol–water partition coefficient (Wildman–Crippen LogP) is 10.8. The maximum Gasteiger partial charge on any atom is 0.159 e. The molecule has 1 heterocycles. The molecule has 0 saturated heterocycles. The Morgan fingerprint density at radius 3 is 1.45 bits per heavy atom. The number of aryl methyl sites for hydroxylation is 1. The molecule has 5 rings (SSSR count). The Kier molecular flexibility index (Phi) is 9.89. The van der Waals surface area contributed by atoms with Crippen LogP contribution < -0.4 is 0 Å². The molecule has 0 unspecified atom stereocenters. The van der Waals surface area contributed by atoms with Gasteiger partial charge in [-0.25, -0.2) is 9.97 Å². The van der Waals surface area contributed by atoms with Crippen molar-refractivity contribution in [3.05, 3.63) is 121 Å². The van der Waals surface area contributed by atoms with Crippen LogP contribution >= 0.6 is 0 Å². The van der Waals surface area contributed by atoms with E-state index in [4.69, 9.17) is 9.97 Å². The molecule has 0 amide bonds. The summed E-state index contributed by atoms with van der Waals surface area (Å²) >= 11 is 0. The van der Waals surface area contributed by atoms with Crippen molar-refractivity contribution in [3.63, 3.8) is 0 Å². The first-order valence-corrected chi connectivity index (χ1v) is 15.0. The zero-order valence-electron chi connectivity index (χ0n) is 23.7. The highest BCUT2D eigenvalue weighted by Crippen LogP contribution is 2.34. The normalized spacial score (nSPS) is 11.0. The van der Waals surface area contributed by atoms with Gasteiger partial charge in [0.05, 0.1) is 0 Å². The van der Waals surface area contributed by atoms with Crippen molar-refractivity contribution in [2.45, 2.75) is 64.7 Å². The molecule has 0 radical (unpaired) electrons. The number of aromatic nitrogens is 2. The van der Waals surface area contributed by atoms with Gasteiger partial charge in [-0.2, -0.15) is 0 Å². The third kappa shape index (κ3) is 7.54. The van der Waals surface area contributed by atoms with Crippen LogP contribution in [0.3, 0.4) is 0 Å². The fourth-order valence-electron chi connectivity index (χ4n) is 5.32. The third-order valence-corrected chi connectivity index (χ3v) is 7.63. The Balaban J connectivity index is 1.32. The van der Waals surface area contributed by atoms with E-state index in [0.717, 1.165) is 17.8 Å². The van der Waals surface area contributed by atoms with Crippen LogP contribution in [-0.2, 0) is 6.42 Å². The lowest BCUT2D eigenvalue weighted by molar-refractivity contribution is 0.575. The number of hydrogen-bond donors (Lipinski definition) is 0. The first-order chi connectivity index (χ1) is 19.8. The summed E-state index contributed by atoms with van der Waals surface area (Å²) in [6.07, 6.45) is 15.8. The molecule has 2 heteroatoms. The van der Waals surface area contributed by atoms with Crippen LogP contribution in [0.5, 0.6) is 0 Å². The summed E-state index contributed by atoms with van der Waals surface area (Å²) in [4.78, 5) is 9.50. The van der Waals surface area contributed by atoms with Crippen LogP contribution in [0.2, 0.25) is 0 Å². The van der Waals surface area contributed by atoms with Gasteiger partial charge in [-0.1, -0.05) is 131 Å². The minimum absolute atomic E-state index is 0.782. The quantitative estimate of drug-likeness (QED) is 0.143. The highest BCUT2D eigenvalue weighted by atomic mass is 14.9. The fraction of sp³-hybridized carbons (Fsp3) is 0.263. The zero-order chi connectivity index (χ0) is 27.4. The molecule has 0 aliphatic rings. The second kappa shape index (κ2) is 14.4. The van der Waals surface area contributed by atoms with Gasteiger partial charge in [-0.15, -0.1) is 0 Å². The van der Waals surface area contributed by atoms with E-state index in [1.807, 2.05) is 12.4 Å². The van der Waals surface area contributed by atoms with Gasteiger partial charge >= 0.3 is 0 Å². The van der Waals surface area contributed by atoms with Crippen molar-refractivity contribution in [1.82, 2.24) is 9.97 Å². The second-order valence-corrected chi connectivity index (χ2v) is 10.8. The summed E-state index contributed by atoms with van der Waals surface area (Å²) in [6.45, 7) is 2.27. The second-order valence-electron chi connectivity index (χ2n) is 10.8. The van der Waals surface area contributed by atoms with Gasteiger partial charge in [0.15, 0.2) is 5.82 Å². The molecular formula is C38H40N2. The molecule has 0 spiro atoms. The van der Waals surface area contributed by atoms with Gasteiger partial charge in [0.2, 0.25) is 0 Å². The van der Waals surface area contributed by atoms with E-state index in [9.17, 15) is 0 Å². The molecule has 0 aliphatic carbocycles. The third-order valence-electron chi connectivity index (χ3n) is 7.63. The average Bonchev–Trinajstić information content (AvgIpc) is 3.03. The summed E-state index contributed by atoms with van der Waals surface area (Å²) in [5.74, 6) is 0.782. The molecule has 0 bridgehead atoms. The van der Waals surface area contributed by atoms with Crippen LogP contribution in [0.15, 0.2) is 116 Å². The molecular weight excluding hydrogens is 484 g/mol. The van der Waals surface area contributed by atoms with Crippen molar-refractivity contribution in [2.24, 2.45) is 0 Å². The lowest BCUT2D eigenvalue weighted by Gasteiger charge is -2.12. The van der Waals surface area contributed by atoms with Crippen LogP contribution in [0.4, 0.5) is 0 Å². The first kappa shape index (κ1) is 27.5. The number of nitrogens with zero attached hydrogens (tertiary/aromatic N) is 2. The summed E-state index contributed by atoms with van der Waals surface area (Å²) in [7, 11) is 0. The largest absolute Gasteiger partial charge is 0.236 e. The van der Waals surface area contributed by atoms with Gasteiger partial charge in [0, 0.05) is 18.0 Å². The Bertz CT molecular complexity index is 1400. The van der Waals surface area contributed by atoms with E-state index in [1.165, 1.54) is 90.3 Å². The van der Waals surface area contributed by atoms with Crippen molar-refractivity contribution in [2.75, 3.05) is 0 Å². The Labute approximate surface area is 240 Å². The molecule has 0 N–H and O–H groups in total. The molecule has 2 nitrogen and oxygen atoms in total. The Morgan fingerprint density at radius 2 is 0.875 bits per heavy atom. The number of hydrogen-bond acceptors (Lipinski definition) is 2. The van der Waals surface area contributed by atoms with Crippen molar-refractivity contribution in [1.29, 1.82) is 0 Å². The van der Waals surface area contributed by atoms with Gasteiger partial charge < -0.3 is 0 Å². The molecule has 5 aromatic rings. The van der Waals surface area contributed by atoms with E-state index in [-0.39, 0.29) is 0 Å². The Hall–Kier alpha value is -4.04. The monoisotopic (exact) mass is 524 g/mol. The average molecular weight is 525 g/mol. The summed E-state index contributed by atoms with van der Waals surface area (Å²) < 4.78 is 0. The highest BCUT2D eigenvalue weighted by molar-refractivity contribution is 5.82. The zero-order valence-corrected chi connectivity index (χ0v) is 23.7. The van der Waals surface area contributed by atoms with Crippen molar-refractivity contribution < 1.29 is 0 Å². The maximum atomic E-state index is 4.75. The number of rotatable bonds is 13. The van der Waals surface area contributed by atoms with E-state index in [2.05, 4.69) is 110 Å². The lowest BCUT2D eigenvalue weighted by atomic mass is 9.93. The topological polar surface area (TPSA) is 25.8 Å². The smallest absolute Gasteiger partial charge is 0.159 e. The van der Waals surface area contributed by atoms with Gasteiger partial charge in [0.1, 0.15) is 0 Å². The molecule has 0 saturated carbocycles. The van der Waals surface area contributed by atoms with Crippen molar-refractivity contribution in [3.8, 4) is 44.8 Å². The molecule has 0 aliphatic heterocycles. The van der Waals surface area contributed by atoms with Crippen LogP contribution in [0.25, 0.3) is 44.8 Å². The predicted molar refractivity (Wildman–Crippen MR) is 170 cm³/mol. The van der Waals surface area contributed by atoms with Gasteiger partial charge in [0.25, 0.3) is 0 Å². The molecule has 4 aromatic carbocycles. The molecule has 202 valence electrons. The van der Waals surface area contributed by atoms with Gasteiger partial charge in [-0.3, -0.25) is 0 Å². The van der Waals surface area contributed by atoms with Crippen molar-refractivity contribution >= 4 is 0 Å². The number of unbranched alkanes of at least 4 members (excludes halogenated alkanes) is 7.